The molecule has 1 amide bonds. The Hall–Kier alpha value is -1.92. The Morgan fingerprint density at radius 3 is 2.88 bits per heavy atom. The van der Waals surface area contributed by atoms with Gasteiger partial charge < -0.3 is 14.6 Å². The van der Waals surface area contributed by atoms with Gasteiger partial charge in [0.05, 0.1) is 25.9 Å². The summed E-state index contributed by atoms with van der Waals surface area (Å²) in [5.74, 6) is 0.288. The van der Waals surface area contributed by atoms with Crippen LogP contribution in [0.25, 0.3) is 6.08 Å². The number of furan rings is 1. The van der Waals surface area contributed by atoms with Crippen molar-refractivity contribution in [1.29, 1.82) is 0 Å². The van der Waals surface area contributed by atoms with E-state index in [1.165, 1.54) is 36.0 Å². The topological polar surface area (TPSA) is 46.7 Å². The average Bonchev–Trinajstić information content (AvgIpc) is 3.30. The Morgan fingerprint density at radius 2 is 2.16 bits per heavy atom. The largest absolute Gasteiger partial charge is 0.463 e. The summed E-state index contributed by atoms with van der Waals surface area (Å²) in [4.78, 5) is 13.6. The molecule has 1 atom stereocenters. The van der Waals surface area contributed by atoms with Crippen molar-refractivity contribution < 1.29 is 18.5 Å². The first kappa shape index (κ1) is 17.9. The van der Waals surface area contributed by atoms with Crippen molar-refractivity contribution in [2.45, 2.75) is 18.9 Å². The highest BCUT2D eigenvalue weighted by molar-refractivity contribution is 9.10. The van der Waals surface area contributed by atoms with E-state index in [1.807, 2.05) is 12.1 Å². The molecule has 0 aliphatic carbocycles. The summed E-state index contributed by atoms with van der Waals surface area (Å²) in [5, 5.41) is 2.91. The van der Waals surface area contributed by atoms with Crippen LogP contribution in [0.3, 0.4) is 0 Å². The predicted molar refractivity (Wildman–Crippen MR) is 97.5 cm³/mol. The number of amides is 1. The summed E-state index contributed by atoms with van der Waals surface area (Å²) >= 11 is 3.30. The van der Waals surface area contributed by atoms with Crippen molar-refractivity contribution >= 4 is 27.9 Å². The van der Waals surface area contributed by atoms with E-state index < -0.39 is 0 Å². The number of likely N-dealkylation sites (tertiary alicyclic amines) is 1. The number of rotatable bonds is 6. The maximum atomic E-state index is 13.7. The minimum absolute atomic E-state index is 0.109. The zero-order chi connectivity index (χ0) is 17.6. The molecule has 0 saturated carbocycles. The van der Waals surface area contributed by atoms with Crippen LogP contribution in [-0.4, -0.2) is 25.5 Å². The third-order valence-corrected chi connectivity index (χ3v) is 4.97. The van der Waals surface area contributed by atoms with Crippen LogP contribution in [-0.2, 0) is 4.79 Å². The van der Waals surface area contributed by atoms with Gasteiger partial charge in [-0.2, -0.15) is 0 Å². The number of benzene rings is 1. The van der Waals surface area contributed by atoms with E-state index in [1.54, 1.807) is 18.4 Å². The molecule has 1 fully saturated rings. The van der Waals surface area contributed by atoms with Crippen LogP contribution in [0.15, 0.2) is 51.6 Å². The maximum Gasteiger partial charge on any atom is 0.244 e. The molecule has 4 nitrogen and oxygen atoms in total. The van der Waals surface area contributed by atoms with E-state index in [0.29, 0.717) is 12.1 Å². The fourth-order valence-electron chi connectivity index (χ4n) is 3.18. The molecule has 6 heteroatoms. The van der Waals surface area contributed by atoms with E-state index in [9.17, 15) is 9.18 Å². The lowest BCUT2D eigenvalue weighted by Crippen LogP contribution is -3.11. The number of carbonyl (C=O) groups excluding carboxylic acids is 1. The first-order valence-corrected chi connectivity index (χ1v) is 9.22. The number of hydrogen-bond acceptors (Lipinski definition) is 2. The zero-order valence-corrected chi connectivity index (χ0v) is 15.4. The molecule has 1 aliphatic heterocycles. The quantitative estimate of drug-likeness (QED) is 0.723. The van der Waals surface area contributed by atoms with Crippen LogP contribution < -0.4 is 10.2 Å². The molecule has 132 valence electrons. The second-order valence-corrected chi connectivity index (χ2v) is 7.09. The van der Waals surface area contributed by atoms with Crippen molar-refractivity contribution in [3.8, 4) is 0 Å². The lowest BCUT2D eigenvalue weighted by Gasteiger charge is -2.22. The van der Waals surface area contributed by atoms with Gasteiger partial charge in [0.15, 0.2) is 11.8 Å². The molecular weight excluding hydrogens is 387 g/mol. The van der Waals surface area contributed by atoms with Crippen molar-refractivity contribution in [3.05, 3.63) is 64.3 Å². The van der Waals surface area contributed by atoms with E-state index >= 15 is 0 Å². The third kappa shape index (κ3) is 4.80. The normalized spacial score (nSPS) is 16.4. The predicted octanol–water partition coefficient (Wildman–Crippen LogP) is 2.73. The number of nitrogens with one attached hydrogen (secondary N) is 2. The zero-order valence-electron chi connectivity index (χ0n) is 13.8. The average molecular weight is 408 g/mol. The first-order valence-electron chi connectivity index (χ1n) is 8.42. The highest BCUT2D eigenvalue weighted by Crippen LogP contribution is 2.16. The summed E-state index contributed by atoms with van der Waals surface area (Å²) in [6.45, 7) is 2.66. The molecule has 0 spiro atoms. The summed E-state index contributed by atoms with van der Waals surface area (Å²) in [6.07, 6.45) is 6.91. The molecule has 2 aromatic rings. The molecule has 0 radical (unpaired) electrons. The molecular formula is C19H21BrFN2O2+. The minimum atomic E-state index is -0.359. The highest BCUT2D eigenvalue weighted by Gasteiger charge is 2.29. The van der Waals surface area contributed by atoms with Gasteiger partial charge in [0.2, 0.25) is 5.91 Å². The molecule has 2 N–H and O–H groups in total. The van der Waals surface area contributed by atoms with Gasteiger partial charge in [-0.05, 0) is 36.4 Å². The molecule has 1 aromatic carbocycles. The van der Waals surface area contributed by atoms with Gasteiger partial charge in [-0.1, -0.05) is 15.9 Å². The molecule has 25 heavy (non-hydrogen) atoms. The first-order chi connectivity index (χ1) is 12.1. The lowest BCUT2D eigenvalue weighted by atomic mass is 10.2. The summed E-state index contributed by atoms with van der Waals surface area (Å²) in [5.41, 5.74) is 0.372. The van der Waals surface area contributed by atoms with Gasteiger partial charge in [0, 0.05) is 29.0 Å². The van der Waals surface area contributed by atoms with E-state index in [0.717, 1.165) is 23.3 Å². The van der Waals surface area contributed by atoms with Crippen LogP contribution >= 0.6 is 15.9 Å². The molecule has 0 bridgehead atoms. The maximum absolute atomic E-state index is 13.7. The molecule has 2 heterocycles. The van der Waals surface area contributed by atoms with Crippen LogP contribution in [0.4, 0.5) is 4.39 Å². The summed E-state index contributed by atoms with van der Waals surface area (Å²) in [7, 11) is 0. The monoisotopic (exact) mass is 407 g/mol. The minimum Gasteiger partial charge on any atom is -0.463 e. The third-order valence-electron chi connectivity index (χ3n) is 4.48. The van der Waals surface area contributed by atoms with Gasteiger partial charge in [-0.15, -0.1) is 0 Å². The molecule has 1 aromatic heterocycles. The van der Waals surface area contributed by atoms with Crippen LogP contribution in [0.5, 0.6) is 0 Å². The fraction of sp³-hybridized carbons (Fsp3) is 0.316. The van der Waals surface area contributed by atoms with Gasteiger partial charge in [0.1, 0.15) is 5.82 Å². The number of quaternary nitrogens is 1. The van der Waals surface area contributed by atoms with Gasteiger partial charge in [0.25, 0.3) is 0 Å². The van der Waals surface area contributed by atoms with Gasteiger partial charge in [-0.25, -0.2) is 4.39 Å². The molecule has 3 rings (SSSR count). The smallest absolute Gasteiger partial charge is 0.244 e. The van der Waals surface area contributed by atoms with Crippen LogP contribution in [0.2, 0.25) is 0 Å². The standard InChI is InChI=1S/C19H20BrFN2O2/c20-15-6-7-16(21)14(12-15)5-8-19(24)22-13-17(18-4-3-11-25-18)23-9-1-2-10-23/h3-8,11-12,17H,1-2,9-10,13H2,(H,22,24)/p+1/b8-5+/t17-/m1/s1. The van der Waals surface area contributed by atoms with E-state index in [-0.39, 0.29) is 17.8 Å². The van der Waals surface area contributed by atoms with E-state index in [2.05, 4.69) is 21.2 Å². The Bertz CT molecular complexity index is 740. The highest BCUT2D eigenvalue weighted by atomic mass is 79.9. The summed E-state index contributed by atoms with van der Waals surface area (Å²) < 4.78 is 20.0. The number of halogens is 2. The molecule has 0 unspecified atom stereocenters. The second kappa shape index (κ2) is 8.45. The van der Waals surface area contributed by atoms with Gasteiger partial charge >= 0.3 is 0 Å². The summed E-state index contributed by atoms with van der Waals surface area (Å²) in [6, 6.07) is 8.56. The number of hydrogen-bond donors (Lipinski definition) is 2. The Kier molecular flexibility index (Phi) is 6.04. The lowest BCUT2D eigenvalue weighted by molar-refractivity contribution is -0.919. The van der Waals surface area contributed by atoms with Crippen LogP contribution in [0, 0.1) is 5.82 Å². The van der Waals surface area contributed by atoms with Crippen molar-refractivity contribution in [1.82, 2.24) is 5.32 Å². The number of carbonyl (C=O) groups is 1. The molecule has 1 saturated heterocycles. The van der Waals surface area contributed by atoms with E-state index in [4.69, 9.17) is 4.42 Å². The Labute approximate surface area is 154 Å². The van der Waals surface area contributed by atoms with Crippen molar-refractivity contribution in [2.24, 2.45) is 0 Å². The second-order valence-electron chi connectivity index (χ2n) is 6.18. The van der Waals surface area contributed by atoms with Crippen molar-refractivity contribution in [2.75, 3.05) is 19.6 Å². The van der Waals surface area contributed by atoms with Crippen LogP contribution in [0.1, 0.15) is 30.2 Å². The Morgan fingerprint density at radius 1 is 1.36 bits per heavy atom. The fourth-order valence-corrected chi connectivity index (χ4v) is 3.56. The SMILES string of the molecule is O=C(/C=C/c1cc(Br)ccc1F)NC[C@H](c1ccco1)[NH+]1CCCC1. The molecule has 1 aliphatic rings. The van der Waals surface area contributed by atoms with Crippen molar-refractivity contribution in [3.63, 3.8) is 0 Å². The Balaban J connectivity index is 1.61. The van der Waals surface area contributed by atoms with Gasteiger partial charge in [-0.3, -0.25) is 4.79 Å².